The van der Waals surface area contributed by atoms with Gasteiger partial charge in [-0.2, -0.15) is 0 Å². The van der Waals surface area contributed by atoms with Gasteiger partial charge in [-0.3, -0.25) is 4.90 Å². The molecular weight excluding hydrogens is 208 g/mol. The zero-order valence-corrected chi connectivity index (χ0v) is 11.4. The summed E-state index contributed by atoms with van der Waals surface area (Å²) in [6, 6.07) is 11.1. The smallest absolute Gasteiger partial charge is 0.0247 e. The average molecular weight is 234 g/mol. The molecule has 0 spiro atoms. The van der Waals surface area contributed by atoms with Gasteiger partial charge in [0.15, 0.2) is 0 Å². The molecule has 96 valence electrons. The largest absolute Gasteiger partial charge is 0.329 e. The van der Waals surface area contributed by atoms with Gasteiger partial charge in [0.25, 0.3) is 0 Å². The monoisotopic (exact) mass is 234 g/mol. The summed E-state index contributed by atoms with van der Waals surface area (Å²) in [5, 5.41) is 0. The number of nitrogens with zero attached hydrogens (tertiary/aromatic N) is 1. The zero-order chi connectivity index (χ0) is 12.7. The van der Waals surface area contributed by atoms with E-state index in [2.05, 4.69) is 56.0 Å². The van der Waals surface area contributed by atoms with Crippen LogP contribution in [0.25, 0.3) is 0 Å². The number of nitrogens with two attached hydrogens (primary N) is 1. The molecule has 2 N–H and O–H groups in total. The van der Waals surface area contributed by atoms with Crippen molar-refractivity contribution in [1.29, 1.82) is 0 Å². The number of likely N-dealkylation sites (N-methyl/N-ethyl adjacent to an activating group) is 1. The Morgan fingerprint density at radius 3 is 2.29 bits per heavy atom. The molecule has 2 unspecified atom stereocenters. The number of hydrogen-bond acceptors (Lipinski definition) is 2. The van der Waals surface area contributed by atoms with Gasteiger partial charge in [0.2, 0.25) is 0 Å². The number of benzene rings is 1. The van der Waals surface area contributed by atoms with Crippen molar-refractivity contribution in [2.24, 2.45) is 11.7 Å². The molecule has 0 aliphatic heterocycles. The van der Waals surface area contributed by atoms with Crippen LogP contribution in [0.1, 0.15) is 32.8 Å². The summed E-state index contributed by atoms with van der Waals surface area (Å²) < 4.78 is 0. The van der Waals surface area contributed by atoms with Crippen LogP contribution in [-0.2, 0) is 6.54 Å². The molecule has 0 saturated carbocycles. The van der Waals surface area contributed by atoms with Crippen molar-refractivity contribution < 1.29 is 0 Å². The predicted molar refractivity (Wildman–Crippen MR) is 74.8 cm³/mol. The maximum Gasteiger partial charge on any atom is 0.0247 e. The van der Waals surface area contributed by atoms with E-state index in [1.54, 1.807) is 0 Å². The summed E-state index contributed by atoms with van der Waals surface area (Å²) >= 11 is 0. The van der Waals surface area contributed by atoms with E-state index >= 15 is 0 Å². The van der Waals surface area contributed by atoms with E-state index in [-0.39, 0.29) is 0 Å². The summed E-state index contributed by atoms with van der Waals surface area (Å²) in [7, 11) is 0. The van der Waals surface area contributed by atoms with Gasteiger partial charge in [0.05, 0.1) is 0 Å². The first kappa shape index (κ1) is 14.2. The third-order valence-electron chi connectivity index (χ3n) is 3.65. The quantitative estimate of drug-likeness (QED) is 0.786. The molecule has 0 aromatic heterocycles. The molecule has 1 rings (SSSR count). The fourth-order valence-electron chi connectivity index (χ4n) is 2.29. The molecule has 0 aliphatic rings. The molecular formula is C15H26N2. The van der Waals surface area contributed by atoms with Crippen LogP contribution < -0.4 is 5.73 Å². The van der Waals surface area contributed by atoms with Crippen LogP contribution in [0.4, 0.5) is 0 Å². The molecule has 0 saturated heterocycles. The van der Waals surface area contributed by atoms with Gasteiger partial charge in [-0.15, -0.1) is 0 Å². The van der Waals surface area contributed by atoms with E-state index in [1.807, 2.05) is 0 Å². The molecule has 2 nitrogen and oxygen atoms in total. The Morgan fingerprint density at radius 1 is 1.18 bits per heavy atom. The van der Waals surface area contributed by atoms with Gasteiger partial charge >= 0.3 is 0 Å². The lowest BCUT2D eigenvalue weighted by molar-refractivity contribution is 0.150. The lowest BCUT2D eigenvalue weighted by atomic mass is 9.97. The second kappa shape index (κ2) is 7.46. The Labute approximate surface area is 106 Å². The van der Waals surface area contributed by atoms with Crippen LogP contribution in [0.3, 0.4) is 0 Å². The highest BCUT2D eigenvalue weighted by molar-refractivity contribution is 5.14. The normalized spacial score (nSPS) is 14.9. The second-order valence-corrected chi connectivity index (χ2v) is 4.74. The van der Waals surface area contributed by atoms with Crippen molar-refractivity contribution >= 4 is 0 Å². The summed E-state index contributed by atoms with van der Waals surface area (Å²) in [4.78, 5) is 2.49. The first-order valence-electron chi connectivity index (χ1n) is 6.70. The Bertz CT molecular complexity index is 297. The van der Waals surface area contributed by atoms with Crippen LogP contribution >= 0.6 is 0 Å². The van der Waals surface area contributed by atoms with Crippen molar-refractivity contribution in [2.75, 3.05) is 13.1 Å². The van der Waals surface area contributed by atoms with E-state index in [0.29, 0.717) is 12.0 Å². The minimum Gasteiger partial charge on any atom is -0.329 e. The Hall–Kier alpha value is -0.860. The molecule has 1 aromatic carbocycles. The third kappa shape index (κ3) is 4.14. The summed E-state index contributed by atoms with van der Waals surface area (Å²) in [5.41, 5.74) is 7.31. The lowest BCUT2D eigenvalue weighted by Crippen LogP contribution is -2.44. The third-order valence-corrected chi connectivity index (χ3v) is 3.65. The van der Waals surface area contributed by atoms with E-state index in [4.69, 9.17) is 5.73 Å². The predicted octanol–water partition coefficient (Wildman–Crippen LogP) is 2.88. The Kier molecular flexibility index (Phi) is 6.23. The standard InChI is InChI=1S/C15H26N2/c1-4-13(3)15(11-16)17(5-2)12-14-9-7-6-8-10-14/h6-10,13,15H,4-5,11-12,16H2,1-3H3. The number of hydrogen-bond donors (Lipinski definition) is 1. The summed E-state index contributed by atoms with van der Waals surface area (Å²) in [6.07, 6.45) is 1.19. The Balaban J connectivity index is 2.69. The van der Waals surface area contributed by atoms with Crippen molar-refractivity contribution in [2.45, 2.75) is 39.8 Å². The van der Waals surface area contributed by atoms with Gasteiger partial charge in [0.1, 0.15) is 0 Å². The first-order chi connectivity index (χ1) is 8.22. The van der Waals surface area contributed by atoms with Crippen molar-refractivity contribution in [3.8, 4) is 0 Å². The topological polar surface area (TPSA) is 29.3 Å². The van der Waals surface area contributed by atoms with Gasteiger partial charge in [-0.25, -0.2) is 0 Å². The van der Waals surface area contributed by atoms with Crippen LogP contribution in [0.2, 0.25) is 0 Å². The molecule has 0 fully saturated rings. The van der Waals surface area contributed by atoms with Gasteiger partial charge in [0, 0.05) is 19.1 Å². The van der Waals surface area contributed by atoms with E-state index < -0.39 is 0 Å². The van der Waals surface area contributed by atoms with E-state index in [9.17, 15) is 0 Å². The molecule has 0 aliphatic carbocycles. The highest BCUT2D eigenvalue weighted by Gasteiger charge is 2.20. The molecule has 2 heteroatoms. The maximum absolute atomic E-state index is 5.94. The minimum absolute atomic E-state index is 0.491. The van der Waals surface area contributed by atoms with Crippen LogP contribution in [0, 0.1) is 5.92 Å². The van der Waals surface area contributed by atoms with Crippen molar-refractivity contribution in [3.63, 3.8) is 0 Å². The van der Waals surface area contributed by atoms with E-state index in [1.165, 1.54) is 12.0 Å². The zero-order valence-electron chi connectivity index (χ0n) is 11.4. The van der Waals surface area contributed by atoms with Crippen molar-refractivity contribution in [3.05, 3.63) is 35.9 Å². The summed E-state index contributed by atoms with van der Waals surface area (Å²) in [5.74, 6) is 0.656. The fourth-order valence-corrected chi connectivity index (χ4v) is 2.29. The lowest BCUT2D eigenvalue weighted by Gasteiger charge is -2.34. The van der Waals surface area contributed by atoms with Crippen LogP contribution in [0.15, 0.2) is 30.3 Å². The second-order valence-electron chi connectivity index (χ2n) is 4.74. The molecule has 0 radical (unpaired) electrons. The average Bonchev–Trinajstić information content (AvgIpc) is 2.39. The van der Waals surface area contributed by atoms with Gasteiger partial charge in [-0.1, -0.05) is 57.5 Å². The maximum atomic E-state index is 5.94. The molecule has 2 atom stereocenters. The van der Waals surface area contributed by atoms with Gasteiger partial charge < -0.3 is 5.73 Å². The number of rotatable bonds is 7. The Morgan fingerprint density at radius 2 is 1.82 bits per heavy atom. The van der Waals surface area contributed by atoms with E-state index in [0.717, 1.165) is 19.6 Å². The van der Waals surface area contributed by atoms with Crippen LogP contribution in [-0.4, -0.2) is 24.0 Å². The van der Waals surface area contributed by atoms with Crippen molar-refractivity contribution in [1.82, 2.24) is 4.90 Å². The highest BCUT2D eigenvalue weighted by atomic mass is 15.2. The molecule has 0 amide bonds. The molecule has 17 heavy (non-hydrogen) atoms. The molecule has 0 bridgehead atoms. The van der Waals surface area contributed by atoms with Gasteiger partial charge in [-0.05, 0) is 18.0 Å². The highest BCUT2D eigenvalue weighted by Crippen LogP contribution is 2.16. The van der Waals surface area contributed by atoms with Crippen LogP contribution in [0.5, 0.6) is 0 Å². The SMILES string of the molecule is CCC(C)C(CN)N(CC)Cc1ccccc1. The molecule has 0 heterocycles. The molecule has 1 aromatic rings. The summed E-state index contributed by atoms with van der Waals surface area (Å²) in [6.45, 7) is 9.56. The fraction of sp³-hybridized carbons (Fsp3) is 0.600. The minimum atomic E-state index is 0.491. The first-order valence-corrected chi connectivity index (χ1v) is 6.70.